The van der Waals surface area contributed by atoms with Gasteiger partial charge in [-0.05, 0) is 19.1 Å². The van der Waals surface area contributed by atoms with Gasteiger partial charge in [-0.1, -0.05) is 0 Å². The van der Waals surface area contributed by atoms with E-state index in [4.69, 9.17) is 0 Å². The van der Waals surface area contributed by atoms with Crippen LogP contribution < -0.4 is 10.6 Å². The summed E-state index contributed by atoms with van der Waals surface area (Å²) in [4.78, 5) is 8.31. The summed E-state index contributed by atoms with van der Waals surface area (Å²) in [5, 5.41) is 15.7. The monoisotopic (exact) mass is 206 g/mol. The van der Waals surface area contributed by atoms with E-state index in [2.05, 4.69) is 27.5 Å². The van der Waals surface area contributed by atoms with Crippen molar-refractivity contribution < 1.29 is 5.11 Å². The van der Waals surface area contributed by atoms with Crippen LogP contribution in [0.15, 0.2) is 23.3 Å². The average Bonchev–Trinajstić information content (AvgIpc) is 2.63. The van der Waals surface area contributed by atoms with Crippen molar-refractivity contribution in [2.45, 2.75) is 19.5 Å². The van der Waals surface area contributed by atoms with E-state index in [1.807, 2.05) is 0 Å². The van der Waals surface area contributed by atoms with Gasteiger partial charge in [0.2, 0.25) is 0 Å². The first-order valence-corrected chi connectivity index (χ1v) is 4.93. The Labute approximate surface area is 88.3 Å². The van der Waals surface area contributed by atoms with Crippen molar-refractivity contribution >= 4 is 5.96 Å². The lowest BCUT2D eigenvalue weighted by molar-refractivity contribution is 0.462. The third-order valence-electron chi connectivity index (χ3n) is 2.20. The number of rotatable bonds is 2. The number of hydrogen-bond donors (Lipinski definition) is 3. The van der Waals surface area contributed by atoms with Gasteiger partial charge in [-0.2, -0.15) is 0 Å². The molecule has 0 saturated carbocycles. The van der Waals surface area contributed by atoms with Crippen LogP contribution >= 0.6 is 0 Å². The Morgan fingerprint density at radius 1 is 1.67 bits per heavy atom. The number of aliphatic imine (C=N–C) groups is 1. The van der Waals surface area contributed by atoms with Gasteiger partial charge in [0.15, 0.2) is 5.96 Å². The minimum absolute atomic E-state index is 0.205. The van der Waals surface area contributed by atoms with Crippen molar-refractivity contribution in [2.24, 2.45) is 4.99 Å². The number of hydrogen-bond acceptors (Lipinski definition) is 5. The molecule has 80 valence electrons. The van der Waals surface area contributed by atoms with Gasteiger partial charge in [0.25, 0.3) is 0 Å². The van der Waals surface area contributed by atoms with Crippen molar-refractivity contribution in [1.82, 2.24) is 15.6 Å². The van der Waals surface area contributed by atoms with E-state index < -0.39 is 0 Å². The van der Waals surface area contributed by atoms with Gasteiger partial charge in [0.05, 0.1) is 13.1 Å². The Hall–Kier alpha value is -1.78. The van der Waals surface area contributed by atoms with Crippen molar-refractivity contribution in [3.63, 3.8) is 0 Å². The van der Waals surface area contributed by atoms with Crippen LogP contribution in [0.3, 0.4) is 0 Å². The Bertz CT molecular complexity index is 377. The van der Waals surface area contributed by atoms with Gasteiger partial charge in [-0.15, -0.1) is 0 Å². The first-order valence-electron chi connectivity index (χ1n) is 4.93. The zero-order chi connectivity index (χ0) is 10.7. The highest BCUT2D eigenvalue weighted by molar-refractivity contribution is 5.81. The molecule has 0 bridgehead atoms. The zero-order valence-electron chi connectivity index (χ0n) is 8.57. The molecule has 0 saturated heterocycles. The minimum atomic E-state index is 0.205. The lowest BCUT2D eigenvalue weighted by Gasteiger charge is -2.08. The first-order chi connectivity index (χ1) is 7.25. The van der Waals surface area contributed by atoms with Crippen molar-refractivity contribution in [3.8, 4) is 5.75 Å². The van der Waals surface area contributed by atoms with Crippen LogP contribution in [0.4, 0.5) is 0 Å². The summed E-state index contributed by atoms with van der Waals surface area (Å²) in [6.07, 6.45) is 1.66. The quantitative estimate of drug-likeness (QED) is 0.647. The molecule has 0 amide bonds. The third kappa shape index (κ3) is 2.37. The van der Waals surface area contributed by atoms with Gasteiger partial charge in [0.1, 0.15) is 11.4 Å². The first kappa shape index (κ1) is 9.76. The van der Waals surface area contributed by atoms with Gasteiger partial charge in [0, 0.05) is 12.2 Å². The molecule has 3 N–H and O–H groups in total. The van der Waals surface area contributed by atoms with E-state index in [-0.39, 0.29) is 5.75 Å². The molecule has 0 aromatic carbocycles. The van der Waals surface area contributed by atoms with E-state index in [1.54, 1.807) is 18.3 Å². The van der Waals surface area contributed by atoms with Crippen molar-refractivity contribution in [3.05, 3.63) is 24.0 Å². The standard InChI is InChI=1S/C10H14N4O/c1-7-5-12-10(14-7)13-6-8-9(15)3-2-4-11-8/h2-4,7,15H,5-6H2,1H3,(H2,12,13,14). The summed E-state index contributed by atoms with van der Waals surface area (Å²) in [6.45, 7) is 3.33. The van der Waals surface area contributed by atoms with Crippen LogP contribution in [0.5, 0.6) is 5.75 Å². The largest absolute Gasteiger partial charge is 0.506 e. The fourth-order valence-corrected chi connectivity index (χ4v) is 1.39. The maximum atomic E-state index is 9.47. The highest BCUT2D eigenvalue weighted by Crippen LogP contribution is 2.11. The summed E-state index contributed by atoms with van der Waals surface area (Å²) in [6, 6.07) is 3.70. The van der Waals surface area contributed by atoms with E-state index in [1.165, 1.54) is 0 Å². The number of nitrogens with one attached hydrogen (secondary N) is 2. The number of pyridine rings is 1. The second kappa shape index (κ2) is 4.16. The molecule has 5 nitrogen and oxygen atoms in total. The van der Waals surface area contributed by atoms with Crippen LogP contribution in [-0.2, 0) is 6.54 Å². The molecule has 0 aliphatic carbocycles. The molecule has 15 heavy (non-hydrogen) atoms. The van der Waals surface area contributed by atoms with Crippen LogP contribution in [0.1, 0.15) is 12.6 Å². The normalized spacial score (nSPS) is 19.5. The maximum Gasteiger partial charge on any atom is 0.191 e. The van der Waals surface area contributed by atoms with Crippen LogP contribution in [-0.4, -0.2) is 28.6 Å². The fraction of sp³-hybridized carbons (Fsp3) is 0.400. The van der Waals surface area contributed by atoms with Crippen molar-refractivity contribution in [2.75, 3.05) is 6.54 Å². The summed E-state index contributed by atoms with van der Waals surface area (Å²) in [7, 11) is 0. The molecule has 1 aliphatic heterocycles. The molecule has 0 spiro atoms. The van der Waals surface area contributed by atoms with Crippen LogP contribution in [0.2, 0.25) is 0 Å². The summed E-state index contributed by atoms with van der Waals surface area (Å²) < 4.78 is 0. The molecule has 1 atom stereocenters. The molecule has 2 rings (SSSR count). The molecule has 1 unspecified atom stereocenters. The highest BCUT2D eigenvalue weighted by Gasteiger charge is 2.12. The summed E-state index contributed by atoms with van der Waals surface area (Å²) >= 11 is 0. The maximum absolute atomic E-state index is 9.47. The summed E-state index contributed by atoms with van der Waals surface area (Å²) in [5.74, 6) is 0.976. The molecule has 1 aromatic rings. The fourth-order valence-electron chi connectivity index (χ4n) is 1.39. The molecule has 2 heterocycles. The van der Waals surface area contributed by atoms with Gasteiger partial charge in [-0.25, -0.2) is 0 Å². The second-order valence-corrected chi connectivity index (χ2v) is 3.56. The van der Waals surface area contributed by atoms with Gasteiger partial charge >= 0.3 is 0 Å². The Balaban J connectivity index is 1.91. The zero-order valence-corrected chi connectivity index (χ0v) is 8.57. The SMILES string of the molecule is CC1CN=C(NCc2ncccc2O)N1. The van der Waals surface area contributed by atoms with Crippen LogP contribution in [0.25, 0.3) is 0 Å². The lowest BCUT2D eigenvalue weighted by Crippen LogP contribution is -2.37. The molecule has 1 aliphatic rings. The Kier molecular flexibility index (Phi) is 2.71. The molecule has 0 fully saturated rings. The number of aromatic nitrogens is 1. The number of nitrogens with zero attached hydrogens (tertiary/aromatic N) is 2. The summed E-state index contributed by atoms with van der Waals surface area (Å²) in [5.41, 5.74) is 0.626. The van der Waals surface area contributed by atoms with E-state index in [9.17, 15) is 5.11 Å². The molecular formula is C10H14N4O. The topological polar surface area (TPSA) is 69.5 Å². The molecule has 5 heteroatoms. The molecule has 1 aromatic heterocycles. The third-order valence-corrected chi connectivity index (χ3v) is 2.20. The second-order valence-electron chi connectivity index (χ2n) is 3.56. The van der Waals surface area contributed by atoms with E-state index >= 15 is 0 Å². The van der Waals surface area contributed by atoms with Crippen molar-refractivity contribution in [1.29, 1.82) is 0 Å². The van der Waals surface area contributed by atoms with E-state index in [0.717, 1.165) is 12.5 Å². The minimum Gasteiger partial charge on any atom is -0.506 e. The van der Waals surface area contributed by atoms with Gasteiger partial charge < -0.3 is 15.7 Å². The van der Waals surface area contributed by atoms with Crippen LogP contribution in [0, 0.1) is 0 Å². The predicted octanol–water partition coefficient (Wildman–Crippen LogP) is 0.224. The van der Waals surface area contributed by atoms with Gasteiger partial charge in [-0.3, -0.25) is 9.98 Å². The molecular weight excluding hydrogens is 192 g/mol. The average molecular weight is 206 g/mol. The smallest absolute Gasteiger partial charge is 0.191 e. The number of guanidine groups is 1. The number of aromatic hydroxyl groups is 1. The predicted molar refractivity (Wildman–Crippen MR) is 57.6 cm³/mol. The van der Waals surface area contributed by atoms with E-state index in [0.29, 0.717) is 18.3 Å². The molecule has 0 radical (unpaired) electrons. The Morgan fingerprint density at radius 2 is 2.53 bits per heavy atom. The Morgan fingerprint density at radius 3 is 3.20 bits per heavy atom. The lowest BCUT2D eigenvalue weighted by atomic mass is 10.3. The highest BCUT2D eigenvalue weighted by atomic mass is 16.3.